The van der Waals surface area contributed by atoms with E-state index in [0.717, 1.165) is 5.69 Å². The summed E-state index contributed by atoms with van der Waals surface area (Å²) in [6.07, 6.45) is 1.22. The number of sulfone groups is 1. The van der Waals surface area contributed by atoms with Gasteiger partial charge in [-0.05, 0) is 34.1 Å². The third kappa shape index (κ3) is 4.36. The first kappa shape index (κ1) is 14.0. The molecule has 0 aliphatic heterocycles. The van der Waals surface area contributed by atoms with Gasteiger partial charge in [0.05, 0.1) is 11.3 Å². The molecule has 1 aromatic carbocycles. The van der Waals surface area contributed by atoms with Gasteiger partial charge in [0.2, 0.25) is 0 Å². The largest absolute Gasteiger partial charge is 0.374 e. The molecule has 0 bridgehead atoms. The molecule has 0 aliphatic carbocycles. The van der Waals surface area contributed by atoms with Gasteiger partial charge in [-0.3, -0.25) is 0 Å². The average Bonchev–Trinajstić information content (AvgIpc) is 2.24. The highest BCUT2D eigenvalue weighted by Gasteiger charge is 2.08. The third-order valence-electron chi connectivity index (χ3n) is 2.31. The van der Waals surface area contributed by atoms with Gasteiger partial charge in [-0.1, -0.05) is 0 Å². The lowest BCUT2D eigenvalue weighted by Crippen LogP contribution is -2.24. The minimum atomic E-state index is -2.96. The Balaban J connectivity index is 2.80. The van der Waals surface area contributed by atoms with Crippen LogP contribution in [-0.2, 0) is 9.84 Å². The fourth-order valence-corrected chi connectivity index (χ4v) is 2.32. The second-order valence-electron chi connectivity index (χ2n) is 3.83. The molecule has 0 aromatic heterocycles. The maximum Gasteiger partial charge on any atom is 0.149 e. The van der Waals surface area contributed by atoms with Crippen molar-refractivity contribution in [2.45, 2.75) is 0 Å². The Kier molecular flexibility index (Phi) is 4.54. The average molecular weight is 317 g/mol. The number of nitriles is 1. The molecule has 4 nitrogen and oxygen atoms in total. The van der Waals surface area contributed by atoms with Crippen molar-refractivity contribution < 1.29 is 8.42 Å². The van der Waals surface area contributed by atoms with Gasteiger partial charge in [-0.25, -0.2) is 8.42 Å². The summed E-state index contributed by atoms with van der Waals surface area (Å²) in [5.74, 6) is 0.112. The topological polar surface area (TPSA) is 61.2 Å². The number of nitrogens with zero attached hydrogens (tertiary/aromatic N) is 2. The molecule has 0 radical (unpaired) electrons. The summed E-state index contributed by atoms with van der Waals surface area (Å²) in [4.78, 5) is 1.84. The highest BCUT2D eigenvalue weighted by molar-refractivity contribution is 9.10. The van der Waals surface area contributed by atoms with E-state index in [1.54, 1.807) is 18.2 Å². The van der Waals surface area contributed by atoms with Crippen LogP contribution >= 0.6 is 15.9 Å². The quantitative estimate of drug-likeness (QED) is 0.849. The minimum Gasteiger partial charge on any atom is -0.374 e. The summed E-state index contributed by atoms with van der Waals surface area (Å²) in [6.45, 7) is 0.428. The summed E-state index contributed by atoms with van der Waals surface area (Å²) in [7, 11) is -1.14. The van der Waals surface area contributed by atoms with E-state index in [4.69, 9.17) is 5.26 Å². The third-order valence-corrected chi connectivity index (χ3v) is 3.89. The van der Waals surface area contributed by atoms with Crippen molar-refractivity contribution in [3.8, 4) is 6.07 Å². The van der Waals surface area contributed by atoms with Crippen LogP contribution in [0.15, 0.2) is 22.7 Å². The highest BCUT2D eigenvalue weighted by Crippen LogP contribution is 2.22. The van der Waals surface area contributed by atoms with Crippen molar-refractivity contribution in [2.75, 3.05) is 30.5 Å². The predicted octanol–water partition coefficient (Wildman–Crippen LogP) is 1.80. The Labute approximate surface area is 110 Å². The fourth-order valence-electron chi connectivity index (χ4n) is 1.26. The van der Waals surface area contributed by atoms with Crippen LogP contribution in [0, 0.1) is 11.3 Å². The van der Waals surface area contributed by atoms with Crippen LogP contribution in [0.2, 0.25) is 0 Å². The number of benzene rings is 1. The van der Waals surface area contributed by atoms with E-state index in [-0.39, 0.29) is 5.75 Å². The van der Waals surface area contributed by atoms with Gasteiger partial charge in [0.25, 0.3) is 0 Å². The standard InChI is InChI=1S/C11H13BrN2O2S/c1-14(5-6-17(2,15)16)10-4-3-9(8-13)11(12)7-10/h3-4,7H,5-6H2,1-2H3. The molecule has 1 rings (SSSR count). The number of hydrogen-bond acceptors (Lipinski definition) is 4. The van der Waals surface area contributed by atoms with Crippen LogP contribution in [-0.4, -0.2) is 34.0 Å². The summed E-state index contributed by atoms with van der Waals surface area (Å²) in [5, 5.41) is 8.79. The Morgan fingerprint density at radius 2 is 2.12 bits per heavy atom. The monoisotopic (exact) mass is 316 g/mol. The molecule has 0 atom stereocenters. The molecule has 6 heteroatoms. The first-order chi connectivity index (χ1) is 7.83. The van der Waals surface area contributed by atoms with E-state index in [0.29, 0.717) is 16.6 Å². The van der Waals surface area contributed by atoms with Gasteiger partial charge in [0.1, 0.15) is 15.9 Å². The van der Waals surface area contributed by atoms with Gasteiger partial charge in [0, 0.05) is 30.0 Å². The molecule has 17 heavy (non-hydrogen) atoms. The van der Waals surface area contributed by atoms with Crippen molar-refractivity contribution in [1.29, 1.82) is 5.26 Å². The van der Waals surface area contributed by atoms with Crippen LogP contribution in [0.4, 0.5) is 5.69 Å². The van der Waals surface area contributed by atoms with Crippen LogP contribution in [0.5, 0.6) is 0 Å². The van der Waals surface area contributed by atoms with Crippen molar-refractivity contribution in [2.24, 2.45) is 0 Å². The van der Waals surface area contributed by atoms with Crippen molar-refractivity contribution in [3.63, 3.8) is 0 Å². The summed E-state index contributed by atoms with van der Waals surface area (Å²) < 4.78 is 22.8. The molecule has 0 heterocycles. The second kappa shape index (κ2) is 5.52. The fraction of sp³-hybridized carbons (Fsp3) is 0.364. The Morgan fingerprint density at radius 1 is 1.47 bits per heavy atom. The lowest BCUT2D eigenvalue weighted by atomic mass is 10.2. The molecule has 1 aromatic rings. The predicted molar refractivity (Wildman–Crippen MR) is 71.8 cm³/mol. The summed E-state index contributed by atoms with van der Waals surface area (Å²) >= 11 is 3.30. The van der Waals surface area contributed by atoms with Crippen molar-refractivity contribution >= 4 is 31.5 Å². The molecule has 92 valence electrons. The normalized spacial score (nSPS) is 10.9. The van der Waals surface area contributed by atoms with E-state index < -0.39 is 9.84 Å². The molecule has 0 N–H and O–H groups in total. The molecule has 0 unspecified atom stereocenters. The van der Waals surface area contributed by atoms with E-state index >= 15 is 0 Å². The van der Waals surface area contributed by atoms with Crippen molar-refractivity contribution in [3.05, 3.63) is 28.2 Å². The molecule has 0 saturated carbocycles. The van der Waals surface area contributed by atoms with Crippen LogP contribution in [0.25, 0.3) is 0 Å². The maximum absolute atomic E-state index is 11.1. The van der Waals surface area contributed by atoms with Crippen LogP contribution in [0.1, 0.15) is 5.56 Å². The number of anilines is 1. The molecule has 0 amide bonds. The highest BCUT2D eigenvalue weighted by atomic mass is 79.9. The number of hydrogen-bond donors (Lipinski definition) is 0. The summed E-state index contributed by atoms with van der Waals surface area (Å²) in [6, 6.07) is 7.36. The Bertz CT molecular complexity index is 549. The van der Waals surface area contributed by atoms with Crippen molar-refractivity contribution in [1.82, 2.24) is 0 Å². The zero-order valence-electron chi connectivity index (χ0n) is 9.64. The van der Waals surface area contributed by atoms with E-state index in [1.165, 1.54) is 6.26 Å². The number of rotatable bonds is 4. The van der Waals surface area contributed by atoms with E-state index in [9.17, 15) is 8.42 Å². The van der Waals surface area contributed by atoms with E-state index in [2.05, 4.69) is 22.0 Å². The van der Waals surface area contributed by atoms with E-state index in [1.807, 2.05) is 11.9 Å². The number of halogens is 1. The Morgan fingerprint density at radius 3 is 2.59 bits per heavy atom. The van der Waals surface area contributed by atoms with Gasteiger partial charge >= 0.3 is 0 Å². The lowest BCUT2D eigenvalue weighted by molar-refractivity contribution is 0.601. The van der Waals surface area contributed by atoms with Crippen LogP contribution in [0.3, 0.4) is 0 Å². The first-order valence-electron chi connectivity index (χ1n) is 4.92. The second-order valence-corrected chi connectivity index (χ2v) is 6.94. The molecule has 0 saturated heterocycles. The molecular formula is C11H13BrN2O2S. The van der Waals surface area contributed by atoms with Gasteiger partial charge in [-0.15, -0.1) is 0 Å². The van der Waals surface area contributed by atoms with Gasteiger partial charge < -0.3 is 4.90 Å². The zero-order valence-corrected chi connectivity index (χ0v) is 12.0. The van der Waals surface area contributed by atoms with Gasteiger partial charge in [-0.2, -0.15) is 5.26 Å². The van der Waals surface area contributed by atoms with Crippen LogP contribution < -0.4 is 4.90 Å². The molecule has 0 fully saturated rings. The SMILES string of the molecule is CN(CCS(C)(=O)=O)c1ccc(C#N)c(Br)c1. The summed E-state index contributed by atoms with van der Waals surface area (Å²) in [5.41, 5.74) is 1.43. The van der Waals surface area contributed by atoms with Gasteiger partial charge in [0.15, 0.2) is 0 Å². The first-order valence-corrected chi connectivity index (χ1v) is 7.77. The minimum absolute atomic E-state index is 0.112. The maximum atomic E-state index is 11.1. The lowest BCUT2D eigenvalue weighted by Gasteiger charge is -2.19. The molecule has 0 spiro atoms. The molecular weight excluding hydrogens is 304 g/mol. The zero-order chi connectivity index (χ0) is 13.1. The molecule has 0 aliphatic rings. The Hall–Kier alpha value is -1.06. The smallest absolute Gasteiger partial charge is 0.149 e.